The molecule has 0 bridgehead atoms. The second-order valence-electron chi connectivity index (χ2n) is 5.59. The van der Waals surface area contributed by atoms with Crippen molar-refractivity contribution >= 4 is 11.9 Å². The molecule has 6 heteroatoms. The fourth-order valence-electron chi connectivity index (χ4n) is 2.82. The van der Waals surface area contributed by atoms with Gasteiger partial charge in [-0.1, -0.05) is 12.1 Å². The van der Waals surface area contributed by atoms with Crippen molar-refractivity contribution in [2.75, 3.05) is 26.8 Å². The van der Waals surface area contributed by atoms with Crippen LogP contribution >= 0.6 is 0 Å². The smallest absolute Gasteiger partial charge is 0.307 e. The highest BCUT2D eigenvalue weighted by atomic mass is 16.5. The number of hydrogen-bond donors (Lipinski definition) is 1. The largest absolute Gasteiger partial charge is 0.496 e. The number of hydrogen-bond acceptors (Lipinski definition) is 5. The van der Waals surface area contributed by atoms with Gasteiger partial charge in [-0.25, -0.2) is 0 Å². The molecular formula is C17H24N2O4. The molecule has 1 aliphatic rings. The molecule has 0 radical (unpaired) electrons. The van der Waals surface area contributed by atoms with E-state index in [1.54, 1.807) is 14.0 Å². The van der Waals surface area contributed by atoms with Crippen molar-refractivity contribution in [3.63, 3.8) is 0 Å². The van der Waals surface area contributed by atoms with E-state index in [1.165, 1.54) is 0 Å². The molecule has 1 atom stereocenters. The Labute approximate surface area is 136 Å². The zero-order chi connectivity index (χ0) is 16.8. The average Bonchev–Trinajstić information content (AvgIpc) is 2.51. The molecule has 0 aliphatic carbocycles. The maximum atomic E-state index is 12.1. The number of carbonyl (C=O) groups excluding carboxylic acids is 2. The third-order valence-corrected chi connectivity index (χ3v) is 3.95. The van der Waals surface area contributed by atoms with Crippen molar-refractivity contribution in [3.8, 4) is 5.75 Å². The van der Waals surface area contributed by atoms with E-state index >= 15 is 0 Å². The molecular weight excluding hydrogens is 296 g/mol. The zero-order valence-electron chi connectivity index (χ0n) is 13.9. The molecule has 1 saturated heterocycles. The number of nitrogens with zero attached hydrogens (tertiary/aromatic N) is 1. The summed E-state index contributed by atoms with van der Waals surface area (Å²) < 4.78 is 10.2. The number of carbonyl (C=O) groups is 2. The monoisotopic (exact) mass is 320 g/mol. The van der Waals surface area contributed by atoms with Crippen LogP contribution < -0.4 is 10.1 Å². The molecule has 6 nitrogen and oxygen atoms in total. The van der Waals surface area contributed by atoms with Gasteiger partial charge < -0.3 is 14.8 Å². The number of esters is 1. The average molecular weight is 320 g/mol. The van der Waals surface area contributed by atoms with E-state index in [-0.39, 0.29) is 18.3 Å². The highest BCUT2D eigenvalue weighted by molar-refractivity contribution is 5.87. The summed E-state index contributed by atoms with van der Waals surface area (Å²) in [6.07, 6.45) is 0.0782. The first kappa shape index (κ1) is 17.3. The molecule has 0 aromatic heterocycles. The van der Waals surface area contributed by atoms with E-state index in [9.17, 15) is 9.59 Å². The Hall–Kier alpha value is -2.08. The van der Waals surface area contributed by atoms with Gasteiger partial charge in [-0.05, 0) is 31.0 Å². The number of aryl methyl sites for hydroxylation is 1. The second kappa shape index (κ2) is 7.97. The van der Waals surface area contributed by atoms with Crippen molar-refractivity contribution in [3.05, 3.63) is 29.3 Å². The third-order valence-electron chi connectivity index (χ3n) is 3.95. The van der Waals surface area contributed by atoms with Crippen LogP contribution in [0.15, 0.2) is 18.2 Å². The van der Waals surface area contributed by atoms with Gasteiger partial charge in [0.25, 0.3) is 0 Å². The molecule has 1 heterocycles. The van der Waals surface area contributed by atoms with Crippen LogP contribution in [0.2, 0.25) is 0 Å². The lowest BCUT2D eigenvalue weighted by Gasteiger charge is -2.34. The third kappa shape index (κ3) is 4.45. The summed E-state index contributed by atoms with van der Waals surface area (Å²) in [5.74, 6) is 0.383. The van der Waals surface area contributed by atoms with Crippen LogP contribution in [0.25, 0.3) is 0 Å². The Morgan fingerprint density at radius 1 is 1.43 bits per heavy atom. The molecule has 1 aliphatic heterocycles. The van der Waals surface area contributed by atoms with Gasteiger partial charge in [0.05, 0.1) is 20.1 Å². The van der Waals surface area contributed by atoms with E-state index in [2.05, 4.69) is 5.32 Å². The fraction of sp³-hybridized carbons (Fsp3) is 0.529. The molecule has 126 valence electrons. The summed E-state index contributed by atoms with van der Waals surface area (Å²) in [6.45, 7) is 5.99. The van der Waals surface area contributed by atoms with Crippen LogP contribution in [0, 0.1) is 6.92 Å². The minimum absolute atomic E-state index is 0.0782. The van der Waals surface area contributed by atoms with Gasteiger partial charge in [0.1, 0.15) is 11.8 Å². The molecule has 1 N–H and O–H groups in total. The van der Waals surface area contributed by atoms with Crippen LogP contribution in [0.3, 0.4) is 0 Å². The molecule has 0 unspecified atom stereocenters. The topological polar surface area (TPSA) is 67.9 Å². The van der Waals surface area contributed by atoms with Gasteiger partial charge in [0.15, 0.2) is 0 Å². The molecule has 0 spiro atoms. The Morgan fingerprint density at radius 3 is 2.87 bits per heavy atom. The predicted octanol–water partition coefficient (Wildman–Crippen LogP) is 1.26. The van der Waals surface area contributed by atoms with Crippen LogP contribution in [-0.2, 0) is 20.9 Å². The lowest BCUT2D eigenvalue weighted by Crippen LogP contribution is -2.55. The van der Waals surface area contributed by atoms with Crippen LogP contribution in [0.1, 0.15) is 24.5 Å². The Morgan fingerprint density at radius 2 is 2.22 bits per heavy atom. The predicted molar refractivity (Wildman–Crippen MR) is 86.2 cm³/mol. The maximum Gasteiger partial charge on any atom is 0.307 e. The first-order valence-corrected chi connectivity index (χ1v) is 7.86. The van der Waals surface area contributed by atoms with Crippen molar-refractivity contribution in [1.29, 1.82) is 0 Å². The highest BCUT2D eigenvalue weighted by Gasteiger charge is 2.32. The van der Waals surface area contributed by atoms with Gasteiger partial charge in [-0.3, -0.25) is 14.5 Å². The highest BCUT2D eigenvalue weighted by Crippen LogP contribution is 2.21. The summed E-state index contributed by atoms with van der Waals surface area (Å²) in [6, 6.07) is 5.48. The number of benzene rings is 1. The van der Waals surface area contributed by atoms with Crippen LogP contribution in [0.4, 0.5) is 0 Å². The molecule has 1 aromatic carbocycles. The van der Waals surface area contributed by atoms with Crippen molar-refractivity contribution in [2.24, 2.45) is 0 Å². The van der Waals surface area contributed by atoms with Crippen LogP contribution in [0.5, 0.6) is 5.75 Å². The lowest BCUT2D eigenvalue weighted by molar-refractivity contribution is -0.148. The first-order valence-electron chi connectivity index (χ1n) is 7.86. The summed E-state index contributed by atoms with van der Waals surface area (Å²) in [4.78, 5) is 25.9. The van der Waals surface area contributed by atoms with Gasteiger partial charge in [-0.2, -0.15) is 0 Å². The SMILES string of the molecule is CCOC(=O)C[C@H]1C(=O)NCCN1Cc1ccc(OC)c(C)c1. The van der Waals surface area contributed by atoms with Gasteiger partial charge >= 0.3 is 5.97 Å². The quantitative estimate of drug-likeness (QED) is 0.799. The van der Waals surface area contributed by atoms with Crippen LogP contribution in [-0.4, -0.2) is 49.6 Å². The summed E-state index contributed by atoms with van der Waals surface area (Å²) >= 11 is 0. The lowest BCUT2D eigenvalue weighted by atomic mass is 10.1. The Balaban J connectivity index is 2.10. The summed E-state index contributed by atoms with van der Waals surface area (Å²) in [5.41, 5.74) is 2.14. The van der Waals surface area contributed by atoms with E-state index < -0.39 is 6.04 Å². The molecule has 1 fully saturated rings. The second-order valence-corrected chi connectivity index (χ2v) is 5.59. The van der Waals surface area contributed by atoms with Gasteiger partial charge in [-0.15, -0.1) is 0 Å². The standard InChI is InChI=1S/C17H24N2O4/c1-4-23-16(20)10-14-17(21)18-7-8-19(14)11-13-5-6-15(22-3)12(2)9-13/h5-6,9,14H,4,7-8,10-11H2,1-3H3,(H,18,21)/t14-/m0/s1. The normalized spacial score (nSPS) is 18.4. The maximum absolute atomic E-state index is 12.1. The summed E-state index contributed by atoms with van der Waals surface area (Å²) in [7, 11) is 1.65. The minimum Gasteiger partial charge on any atom is -0.496 e. The van der Waals surface area contributed by atoms with E-state index in [4.69, 9.17) is 9.47 Å². The molecule has 23 heavy (non-hydrogen) atoms. The molecule has 1 aromatic rings. The van der Waals surface area contributed by atoms with E-state index in [1.807, 2.05) is 30.0 Å². The molecule has 2 rings (SSSR count). The van der Waals surface area contributed by atoms with E-state index in [0.717, 1.165) is 16.9 Å². The fourth-order valence-corrected chi connectivity index (χ4v) is 2.82. The van der Waals surface area contributed by atoms with Crippen molar-refractivity contribution in [2.45, 2.75) is 32.9 Å². The van der Waals surface area contributed by atoms with Gasteiger partial charge in [0.2, 0.25) is 5.91 Å². The number of ether oxygens (including phenoxy) is 2. The molecule has 0 saturated carbocycles. The Kier molecular flexibility index (Phi) is 5.98. The van der Waals surface area contributed by atoms with Crippen molar-refractivity contribution in [1.82, 2.24) is 10.2 Å². The number of rotatable bonds is 6. The summed E-state index contributed by atoms with van der Waals surface area (Å²) in [5, 5.41) is 2.82. The Bertz CT molecular complexity index is 574. The van der Waals surface area contributed by atoms with Gasteiger partial charge in [0, 0.05) is 19.6 Å². The van der Waals surface area contributed by atoms with E-state index in [0.29, 0.717) is 26.2 Å². The number of methoxy groups -OCH3 is 1. The number of amides is 1. The minimum atomic E-state index is -0.481. The molecule has 1 amide bonds. The zero-order valence-corrected chi connectivity index (χ0v) is 13.9. The van der Waals surface area contributed by atoms with Crippen molar-refractivity contribution < 1.29 is 19.1 Å². The number of piperazine rings is 1. The first-order chi connectivity index (χ1) is 11.0. The number of nitrogens with one attached hydrogen (secondary N) is 1.